The van der Waals surface area contributed by atoms with Crippen molar-refractivity contribution in [3.8, 4) is 16.9 Å². The normalized spacial score (nSPS) is 14.9. The topological polar surface area (TPSA) is 125 Å². The number of para-hydroxylation sites is 1. The Balaban J connectivity index is 1.48. The van der Waals surface area contributed by atoms with E-state index in [1.54, 1.807) is 11.3 Å². The van der Waals surface area contributed by atoms with Crippen molar-refractivity contribution in [3.63, 3.8) is 0 Å². The summed E-state index contributed by atoms with van der Waals surface area (Å²) in [5.41, 5.74) is 4.65. The van der Waals surface area contributed by atoms with Gasteiger partial charge in [0.15, 0.2) is 12.3 Å². The van der Waals surface area contributed by atoms with Crippen molar-refractivity contribution in [1.29, 1.82) is 0 Å². The van der Waals surface area contributed by atoms with Crippen LogP contribution < -0.4 is 14.2 Å². The van der Waals surface area contributed by atoms with Crippen molar-refractivity contribution in [2.45, 2.75) is 26.3 Å². The molecule has 1 aliphatic heterocycles. The van der Waals surface area contributed by atoms with E-state index >= 15 is 0 Å². The first-order chi connectivity index (χ1) is 20.0. The molecule has 0 amide bonds. The molecule has 3 aromatic carbocycles. The zero-order valence-electron chi connectivity index (χ0n) is 22.9. The predicted molar refractivity (Wildman–Crippen MR) is 166 cm³/mol. The second-order valence-electron chi connectivity index (χ2n) is 10.0. The molecule has 1 aliphatic rings. The molecule has 2 N–H and O–H groups in total. The van der Waals surface area contributed by atoms with Gasteiger partial charge in [0.1, 0.15) is 4.70 Å². The van der Waals surface area contributed by atoms with Crippen LogP contribution in [0.3, 0.4) is 0 Å². The molecule has 42 heavy (non-hydrogen) atoms. The Hall–Kier alpha value is -3.55. The molecule has 0 radical (unpaired) electrons. The van der Waals surface area contributed by atoms with E-state index in [0.29, 0.717) is 24.7 Å². The molecule has 12 heteroatoms. The summed E-state index contributed by atoms with van der Waals surface area (Å²) in [5, 5.41) is 0.903. The lowest BCUT2D eigenvalue weighted by Gasteiger charge is -2.18. The summed E-state index contributed by atoms with van der Waals surface area (Å²) in [6.07, 6.45) is 4.32. The van der Waals surface area contributed by atoms with E-state index in [0.717, 1.165) is 37.6 Å². The van der Waals surface area contributed by atoms with Crippen LogP contribution in [0, 0.1) is 0 Å². The van der Waals surface area contributed by atoms with Gasteiger partial charge in [-0.2, -0.15) is 21.4 Å². The Labute approximate surface area is 249 Å². The van der Waals surface area contributed by atoms with Crippen LogP contribution in [0.1, 0.15) is 24.8 Å². The lowest BCUT2D eigenvalue weighted by Crippen LogP contribution is -2.36. The maximum absolute atomic E-state index is 11.4. The van der Waals surface area contributed by atoms with Crippen molar-refractivity contribution in [1.82, 2.24) is 0 Å². The van der Waals surface area contributed by atoms with E-state index in [-0.39, 0.29) is 24.3 Å². The Kier molecular flexibility index (Phi) is 8.81. The van der Waals surface area contributed by atoms with E-state index in [9.17, 15) is 25.9 Å². The summed E-state index contributed by atoms with van der Waals surface area (Å²) in [6, 6.07) is 23.6. The SMILES string of the molecule is CC(/C=C1\Oc2ccc(-c3ccccc3)cc2N1CCCS(=O)(=O)O)=C\c1sc2ccccc2[n+]1CCCS(=O)(=O)O. The molecule has 9 nitrogen and oxygen atoms in total. The molecule has 1 aromatic heterocycles. The van der Waals surface area contributed by atoms with Gasteiger partial charge in [-0.05, 0) is 48.2 Å². The Bertz CT molecular complexity index is 1880. The number of anilines is 1. The number of benzene rings is 3. The predicted octanol–water partition coefficient (Wildman–Crippen LogP) is 5.56. The van der Waals surface area contributed by atoms with Crippen molar-refractivity contribution in [3.05, 3.63) is 95.3 Å². The molecule has 0 unspecified atom stereocenters. The summed E-state index contributed by atoms with van der Waals surface area (Å²) in [4.78, 5) is 1.91. The van der Waals surface area contributed by atoms with Crippen LogP contribution in [-0.2, 0) is 26.8 Å². The number of hydrogen-bond acceptors (Lipinski definition) is 7. The van der Waals surface area contributed by atoms with Gasteiger partial charge in [-0.25, -0.2) is 0 Å². The van der Waals surface area contributed by atoms with Gasteiger partial charge < -0.3 is 9.64 Å². The van der Waals surface area contributed by atoms with E-state index < -0.39 is 20.2 Å². The Morgan fingerprint density at radius 3 is 2.33 bits per heavy atom. The number of fused-ring (bicyclic) bond motifs is 2. The van der Waals surface area contributed by atoms with Crippen molar-refractivity contribution in [2.24, 2.45) is 0 Å². The maximum Gasteiger partial charge on any atom is 0.265 e. The van der Waals surface area contributed by atoms with E-state index in [2.05, 4.69) is 0 Å². The standard InChI is InChI=1S/C30H30N2O7S3/c1-22(20-30-32(16-8-18-42(36,37)38)25-11-5-6-12-28(25)40-30)19-29-31(15-7-17-41(33,34)35)26-21-24(13-14-27(26)39-29)23-9-3-2-4-10-23/h2-6,9-14,19-21H,7-8,15-18H2,1H3,(H-,33,34,35,36,37,38)/p+1. The van der Waals surface area contributed by atoms with Crippen LogP contribution in [0.15, 0.2) is 90.3 Å². The second kappa shape index (κ2) is 12.4. The van der Waals surface area contributed by atoms with Gasteiger partial charge in [-0.15, -0.1) is 0 Å². The third-order valence-electron chi connectivity index (χ3n) is 6.74. The Morgan fingerprint density at radius 2 is 1.60 bits per heavy atom. The first kappa shape index (κ1) is 29.9. The highest BCUT2D eigenvalue weighted by Gasteiger charge is 2.27. The fourth-order valence-electron chi connectivity index (χ4n) is 4.88. The lowest BCUT2D eigenvalue weighted by atomic mass is 10.0. The summed E-state index contributed by atoms with van der Waals surface area (Å²) in [6.45, 7) is 2.64. The summed E-state index contributed by atoms with van der Waals surface area (Å²) in [7, 11) is -8.18. The molecule has 5 rings (SSSR count). The number of rotatable bonds is 11. The molecule has 0 fully saturated rings. The smallest absolute Gasteiger partial charge is 0.265 e. The average molecular weight is 628 g/mol. The quantitative estimate of drug-likeness (QED) is 0.164. The summed E-state index contributed by atoms with van der Waals surface area (Å²) in [5.74, 6) is 0.470. The van der Waals surface area contributed by atoms with Gasteiger partial charge in [0.25, 0.3) is 25.2 Å². The highest BCUT2D eigenvalue weighted by molar-refractivity contribution is 7.86. The van der Waals surface area contributed by atoms with Crippen LogP contribution in [0.25, 0.3) is 27.4 Å². The van der Waals surface area contributed by atoms with Crippen LogP contribution >= 0.6 is 11.3 Å². The molecular weight excluding hydrogens is 597 g/mol. The molecule has 4 aromatic rings. The minimum Gasteiger partial charge on any atom is -0.439 e. The van der Waals surface area contributed by atoms with Crippen LogP contribution in [0.4, 0.5) is 5.69 Å². The maximum atomic E-state index is 11.4. The number of nitrogens with zero attached hydrogens (tertiary/aromatic N) is 2. The van der Waals surface area contributed by atoms with Gasteiger partial charge >= 0.3 is 0 Å². The molecular formula is C30H31N2O7S3+. The number of allylic oxidation sites excluding steroid dienone is 2. The largest absolute Gasteiger partial charge is 0.439 e. The molecule has 0 bridgehead atoms. The fraction of sp³-hybridized carbons (Fsp3) is 0.233. The second-order valence-corrected chi connectivity index (χ2v) is 14.2. The third kappa shape index (κ3) is 7.44. The Morgan fingerprint density at radius 1 is 0.905 bits per heavy atom. The molecule has 0 saturated carbocycles. The van der Waals surface area contributed by atoms with Gasteiger partial charge in [-0.1, -0.05) is 59.9 Å². The van der Waals surface area contributed by atoms with Crippen molar-refractivity contribution in [2.75, 3.05) is 23.0 Å². The van der Waals surface area contributed by atoms with Gasteiger partial charge in [-0.3, -0.25) is 9.11 Å². The van der Waals surface area contributed by atoms with Crippen molar-refractivity contribution < 1.29 is 35.2 Å². The molecule has 2 heterocycles. The number of aromatic nitrogens is 1. The van der Waals surface area contributed by atoms with E-state index in [4.69, 9.17) is 4.74 Å². The van der Waals surface area contributed by atoms with Crippen LogP contribution in [0.2, 0.25) is 0 Å². The van der Waals surface area contributed by atoms with Gasteiger partial charge in [0.2, 0.25) is 11.4 Å². The minimum atomic E-state index is -4.11. The first-order valence-electron chi connectivity index (χ1n) is 13.3. The van der Waals surface area contributed by atoms with Crippen LogP contribution in [-0.4, -0.2) is 44.0 Å². The zero-order chi connectivity index (χ0) is 29.9. The third-order valence-corrected chi connectivity index (χ3v) is 9.47. The fourth-order valence-corrected chi connectivity index (χ4v) is 7.07. The average Bonchev–Trinajstić information content (AvgIpc) is 3.44. The lowest BCUT2D eigenvalue weighted by molar-refractivity contribution is -0.668. The molecule has 0 aliphatic carbocycles. The van der Waals surface area contributed by atoms with Gasteiger partial charge in [0, 0.05) is 31.2 Å². The number of aryl methyl sites for hydroxylation is 1. The minimum absolute atomic E-state index is 0.196. The van der Waals surface area contributed by atoms with Crippen LogP contribution in [0.5, 0.6) is 5.75 Å². The van der Waals surface area contributed by atoms with Gasteiger partial charge in [0.05, 0.1) is 17.2 Å². The number of thiazole rings is 1. The molecule has 0 saturated heterocycles. The monoisotopic (exact) mass is 627 g/mol. The highest BCUT2D eigenvalue weighted by atomic mass is 32.2. The zero-order valence-corrected chi connectivity index (χ0v) is 25.3. The molecule has 0 atom stereocenters. The summed E-state index contributed by atoms with van der Waals surface area (Å²) < 4.78 is 73.2. The van der Waals surface area contributed by atoms with Crippen molar-refractivity contribution >= 4 is 53.6 Å². The molecule has 0 spiro atoms. The molecule has 220 valence electrons. The highest BCUT2D eigenvalue weighted by Crippen LogP contribution is 2.42. The number of ether oxygens (including phenoxy) is 1. The number of hydrogen-bond donors (Lipinski definition) is 2. The summed E-state index contributed by atoms with van der Waals surface area (Å²) >= 11 is 1.57. The first-order valence-corrected chi connectivity index (χ1v) is 17.4. The van der Waals surface area contributed by atoms with E-state index in [1.807, 2.05) is 101 Å². The van der Waals surface area contributed by atoms with E-state index in [1.165, 1.54) is 0 Å².